The molecule has 0 heterocycles. The molecule has 1 unspecified atom stereocenters. The first-order valence-corrected chi connectivity index (χ1v) is 5.73. The van der Waals surface area contributed by atoms with Gasteiger partial charge in [-0.25, -0.2) is 0 Å². The molecule has 80 valence electrons. The summed E-state index contributed by atoms with van der Waals surface area (Å²) in [6.45, 7) is 6.64. The van der Waals surface area contributed by atoms with Gasteiger partial charge in [-0.2, -0.15) is 0 Å². The molecule has 0 aliphatic heterocycles. The van der Waals surface area contributed by atoms with Crippen LogP contribution in [0.25, 0.3) is 0 Å². The summed E-state index contributed by atoms with van der Waals surface area (Å²) in [6.07, 6.45) is 7.73. The molecule has 0 bridgehead atoms. The Morgan fingerprint density at radius 3 is 2.38 bits per heavy atom. The van der Waals surface area contributed by atoms with Gasteiger partial charge in [0.2, 0.25) is 0 Å². The van der Waals surface area contributed by atoms with Gasteiger partial charge in [-0.1, -0.05) is 26.2 Å². The zero-order chi connectivity index (χ0) is 9.94. The lowest BCUT2D eigenvalue weighted by Crippen LogP contribution is -2.16. The summed E-state index contributed by atoms with van der Waals surface area (Å²) in [4.78, 5) is 0. The van der Waals surface area contributed by atoms with Crippen LogP contribution in [0.15, 0.2) is 0 Å². The molecule has 0 spiro atoms. The number of rotatable bonds is 9. The normalized spacial score (nSPS) is 13.2. The van der Waals surface area contributed by atoms with Gasteiger partial charge in [0, 0.05) is 6.04 Å². The van der Waals surface area contributed by atoms with Crippen molar-refractivity contribution < 1.29 is 0 Å². The SMILES string of the molecule is CCCNCCCCCCC(C)N. The maximum absolute atomic E-state index is 5.66. The Morgan fingerprint density at radius 1 is 1.08 bits per heavy atom. The van der Waals surface area contributed by atoms with E-state index in [0.29, 0.717) is 6.04 Å². The van der Waals surface area contributed by atoms with Crippen LogP contribution in [0.2, 0.25) is 0 Å². The van der Waals surface area contributed by atoms with E-state index < -0.39 is 0 Å². The van der Waals surface area contributed by atoms with Crippen LogP contribution in [0, 0.1) is 0 Å². The van der Waals surface area contributed by atoms with Gasteiger partial charge in [0.15, 0.2) is 0 Å². The molecular formula is C11H26N2. The molecule has 0 aliphatic rings. The van der Waals surface area contributed by atoms with Gasteiger partial charge in [0.1, 0.15) is 0 Å². The molecule has 0 aliphatic carbocycles. The Hall–Kier alpha value is -0.0800. The fourth-order valence-corrected chi connectivity index (χ4v) is 1.37. The van der Waals surface area contributed by atoms with Gasteiger partial charge in [-0.3, -0.25) is 0 Å². The molecule has 2 heteroatoms. The van der Waals surface area contributed by atoms with Crippen LogP contribution in [-0.2, 0) is 0 Å². The van der Waals surface area contributed by atoms with Gasteiger partial charge in [0.25, 0.3) is 0 Å². The molecule has 0 aromatic rings. The van der Waals surface area contributed by atoms with Crippen LogP contribution in [0.5, 0.6) is 0 Å². The van der Waals surface area contributed by atoms with Crippen molar-refractivity contribution in [2.24, 2.45) is 5.73 Å². The van der Waals surface area contributed by atoms with Gasteiger partial charge in [0.05, 0.1) is 0 Å². The highest BCUT2D eigenvalue weighted by Crippen LogP contribution is 2.03. The first-order valence-electron chi connectivity index (χ1n) is 5.73. The molecule has 0 aromatic heterocycles. The minimum absolute atomic E-state index is 0.387. The predicted octanol–water partition coefficient (Wildman–Crippen LogP) is 2.28. The minimum atomic E-state index is 0.387. The standard InChI is InChI=1S/C11H26N2/c1-3-9-13-10-7-5-4-6-8-11(2)12/h11,13H,3-10,12H2,1-2H3. The van der Waals surface area contributed by atoms with Crippen molar-refractivity contribution in [3.05, 3.63) is 0 Å². The van der Waals surface area contributed by atoms with Gasteiger partial charge in [-0.15, -0.1) is 0 Å². The third-order valence-corrected chi connectivity index (χ3v) is 2.19. The Morgan fingerprint density at radius 2 is 1.77 bits per heavy atom. The van der Waals surface area contributed by atoms with E-state index >= 15 is 0 Å². The Labute approximate surface area is 83.3 Å². The molecule has 3 N–H and O–H groups in total. The molecule has 0 saturated heterocycles. The summed E-state index contributed by atoms with van der Waals surface area (Å²) < 4.78 is 0. The van der Waals surface area contributed by atoms with Crippen LogP contribution in [0.3, 0.4) is 0 Å². The van der Waals surface area contributed by atoms with E-state index in [9.17, 15) is 0 Å². The highest BCUT2D eigenvalue weighted by molar-refractivity contribution is 4.54. The van der Waals surface area contributed by atoms with Crippen LogP contribution in [0.4, 0.5) is 0 Å². The van der Waals surface area contributed by atoms with Crippen molar-refractivity contribution in [2.75, 3.05) is 13.1 Å². The average Bonchev–Trinajstić information content (AvgIpc) is 2.09. The van der Waals surface area contributed by atoms with E-state index in [0.717, 1.165) is 0 Å². The number of nitrogens with two attached hydrogens (primary N) is 1. The summed E-state index contributed by atoms with van der Waals surface area (Å²) in [5.41, 5.74) is 5.66. The van der Waals surface area contributed by atoms with Crippen molar-refractivity contribution in [3.8, 4) is 0 Å². The minimum Gasteiger partial charge on any atom is -0.328 e. The molecule has 13 heavy (non-hydrogen) atoms. The second-order valence-electron chi connectivity index (χ2n) is 3.93. The number of nitrogens with one attached hydrogen (secondary N) is 1. The molecule has 0 rings (SSSR count). The zero-order valence-electron chi connectivity index (χ0n) is 9.31. The maximum Gasteiger partial charge on any atom is 0.00104 e. The number of unbranched alkanes of at least 4 members (excludes halogenated alkanes) is 3. The lowest BCUT2D eigenvalue weighted by Gasteiger charge is -2.05. The van der Waals surface area contributed by atoms with Crippen molar-refractivity contribution >= 4 is 0 Å². The fourth-order valence-electron chi connectivity index (χ4n) is 1.37. The molecule has 2 nitrogen and oxygen atoms in total. The third kappa shape index (κ3) is 11.9. The number of hydrogen-bond acceptors (Lipinski definition) is 2. The average molecular weight is 186 g/mol. The zero-order valence-corrected chi connectivity index (χ0v) is 9.31. The van der Waals surface area contributed by atoms with Crippen molar-refractivity contribution in [1.29, 1.82) is 0 Å². The third-order valence-electron chi connectivity index (χ3n) is 2.19. The van der Waals surface area contributed by atoms with Crippen LogP contribution >= 0.6 is 0 Å². The molecule has 0 fully saturated rings. The maximum atomic E-state index is 5.66. The summed E-state index contributed by atoms with van der Waals surface area (Å²) in [6, 6.07) is 0.387. The van der Waals surface area contributed by atoms with Crippen molar-refractivity contribution in [1.82, 2.24) is 5.32 Å². The fraction of sp³-hybridized carbons (Fsp3) is 1.00. The topological polar surface area (TPSA) is 38.0 Å². The Balaban J connectivity index is 2.84. The van der Waals surface area contributed by atoms with Crippen LogP contribution in [-0.4, -0.2) is 19.1 Å². The lowest BCUT2D eigenvalue weighted by atomic mass is 10.1. The van der Waals surface area contributed by atoms with Gasteiger partial charge >= 0.3 is 0 Å². The molecule has 1 atom stereocenters. The molecule has 0 aromatic carbocycles. The molecule has 0 saturated carbocycles. The van der Waals surface area contributed by atoms with E-state index in [1.165, 1.54) is 51.6 Å². The quantitative estimate of drug-likeness (QED) is 0.542. The highest BCUT2D eigenvalue weighted by Gasteiger charge is 1.94. The van der Waals surface area contributed by atoms with Crippen LogP contribution in [0.1, 0.15) is 52.4 Å². The molecule has 0 amide bonds. The molecule has 0 radical (unpaired) electrons. The summed E-state index contributed by atoms with van der Waals surface area (Å²) in [5, 5.41) is 3.41. The van der Waals surface area contributed by atoms with E-state index in [1.54, 1.807) is 0 Å². The van der Waals surface area contributed by atoms with Gasteiger partial charge < -0.3 is 11.1 Å². The van der Waals surface area contributed by atoms with Crippen LogP contribution < -0.4 is 11.1 Å². The van der Waals surface area contributed by atoms with Gasteiger partial charge in [-0.05, 0) is 39.3 Å². The first kappa shape index (κ1) is 12.9. The second-order valence-corrected chi connectivity index (χ2v) is 3.93. The second kappa shape index (κ2) is 10.0. The van der Waals surface area contributed by atoms with E-state index in [2.05, 4.69) is 19.2 Å². The first-order chi connectivity index (χ1) is 6.27. The highest BCUT2D eigenvalue weighted by atomic mass is 14.8. The lowest BCUT2D eigenvalue weighted by molar-refractivity contribution is 0.547. The molecular weight excluding hydrogens is 160 g/mol. The number of hydrogen-bond donors (Lipinski definition) is 2. The summed E-state index contributed by atoms with van der Waals surface area (Å²) in [7, 11) is 0. The van der Waals surface area contributed by atoms with E-state index in [1.807, 2.05) is 0 Å². The smallest absolute Gasteiger partial charge is 0.00104 e. The van der Waals surface area contributed by atoms with E-state index in [4.69, 9.17) is 5.73 Å². The van der Waals surface area contributed by atoms with E-state index in [-0.39, 0.29) is 0 Å². The van der Waals surface area contributed by atoms with Crippen molar-refractivity contribution in [3.63, 3.8) is 0 Å². The monoisotopic (exact) mass is 186 g/mol. The largest absolute Gasteiger partial charge is 0.328 e. The summed E-state index contributed by atoms with van der Waals surface area (Å²) >= 11 is 0. The summed E-state index contributed by atoms with van der Waals surface area (Å²) in [5.74, 6) is 0. The predicted molar refractivity (Wildman–Crippen MR) is 59.9 cm³/mol. The Bertz CT molecular complexity index is 92.1. The van der Waals surface area contributed by atoms with Crippen molar-refractivity contribution in [2.45, 2.75) is 58.4 Å². The Kier molecular flexibility index (Phi) is 9.94.